The van der Waals surface area contributed by atoms with Crippen LogP contribution in [-0.4, -0.2) is 19.6 Å². The molecular weight excluding hydrogens is 914 g/mol. The largest absolute Gasteiger partial charge is 0.507 e. The third kappa shape index (κ3) is 7.76. The molecule has 0 fully saturated rings. The number of pyridine rings is 1. The van der Waals surface area contributed by atoms with Crippen LogP contribution < -0.4 is 0 Å². The van der Waals surface area contributed by atoms with Crippen molar-refractivity contribution in [3.8, 4) is 78.6 Å². The van der Waals surface area contributed by atoms with Crippen LogP contribution >= 0.6 is 0 Å². The Morgan fingerprint density at radius 2 is 1.25 bits per heavy atom. The van der Waals surface area contributed by atoms with Gasteiger partial charge in [-0.15, -0.1) is 23.8 Å². The van der Waals surface area contributed by atoms with Crippen LogP contribution in [-0.2, 0) is 26.5 Å². The summed E-state index contributed by atoms with van der Waals surface area (Å²) >= 11 is 0. The van der Waals surface area contributed by atoms with Crippen LogP contribution in [0.25, 0.3) is 83.9 Å². The molecule has 0 radical (unpaired) electrons. The zero-order valence-electron chi connectivity index (χ0n) is 37.2. The van der Waals surface area contributed by atoms with E-state index in [2.05, 4.69) is 116 Å². The smallest absolute Gasteiger partial charge is 0.148 e. The van der Waals surface area contributed by atoms with Gasteiger partial charge in [-0.25, -0.2) is 4.98 Å². The van der Waals surface area contributed by atoms with E-state index in [0.29, 0.717) is 17.0 Å². The number of imidazole rings is 1. The van der Waals surface area contributed by atoms with Gasteiger partial charge in [0.1, 0.15) is 11.6 Å². The second-order valence-corrected chi connectivity index (χ2v) is 16.3. The van der Waals surface area contributed by atoms with Crippen LogP contribution in [0.4, 0.5) is 0 Å². The molecule has 0 aliphatic heterocycles. The summed E-state index contributed by atoms with van der Waals surface area (Å²) in [7, 11) is 0. The maximum atomic E-state index is 11.8. The molecular formula is C55H46N3OPt-. The van der Waals surface area contributed by atoms with Gasteiger partial charge in [0.25, 0.3) is 0 Å². The monoisotopic (exact) mass is 962 g/mol. The number of hydrogen-bond acceptors (Lipinski definition) is 3. The molecule has 7 aromatic carbocycles. The molecule has 0 saturated heterocycles. The van der Waals surface area contributed by atoms with E-state index in [1.54, 1.807) is 18.3 Å². The Bertz CT molecular complexity index is 3120. The maximum Gasteiger partial charge on any atom is 0.148 e. The minimum Gasteiger partial charge on any atom is -0.507 e. The van der Waals surface area contributed by atoms with Crippen LogP contribution in [0.15, 0.2) is 164 Å². The van der Waals surface area contributed by atoms with E-state index >= 15 is 0 Å². The molecule has 9 rings (SSSR count). The summed E-state index contributed by atoms with van der Waals surface area (Å²) in [5.41, 5.74) is 15.7. The van der Waals surface area contributed by atoms with Crippen LogP contribution in [0.5, 0.6) is 5.75 Å². The molecule has 60 heavy (non-hydrogen) atoms. The van der Waals surface area contributed by atoms with E-state index in [-0.39, 0.29) is 32.2 Å². The Labute approximate surface area is 371 Å². The van der Waals surface area contributed by atoms with Crippen LogP contribution in [0, 0.1) is 26.8 Å². The fourth-order valence-corrected chi connectivity index (χ4v) is 8.08. The van der Waals surface area contributed by atoms with Crippen molar-refractivity contribution in [3.05, 3.63) is 192 Å². The van der Waals surface area contributed by atoms with Gasteiger partial charge in [0.2, 0.25) is 0 Å². The van der Waals surface area contributed by atoms with Gasteiger partial charge < -0.3 is 5.11 Å². The number of hydrogen-bond donors (Lipinski definition) is 1. The number of aromatic hydroxyl groups is 1. The maximum absolute atomic E-state index is 11.8. The standard InChI is InChI=1S/C55H46N3O.Pt/c1-35-20-22-40(23-21-35)42-26-27-56-49(34-42)45-31-43(39-16-11-8-12-17-39)30-44(32-45)46-18-13-19-51-52(46)57-54(47-29-36(2)28-37(3)53(47)59)58(51)50-25-24-41(33-48(50)55(4,5)6)38-14-9-7-10-15-38;/h7-31,33-34,59H,1-6H3;/q-1;/i1D3;. The third-order valence-electron chi connectivity index (χ3n) is 11.0. The molecule has 0 unspecified atom stereocenters. The summed E-state index contributed by atoms with van der Waals surface area (Å²) in [4.78, 5) is 10.3. The summed E-state index contributed by atoms with van der Waals surface area (Å²) in [6, 6.07) is 56.7. The van der Waals surface area contributed by atoms with Crippen molar-refractivity contribution in [2.75, 3.05) is 0 Å². The van der Waals surface area contributed by atoms with Crippen LogP contribution in [0.1, 0.15) is 47.1 Å². The van der Waals surface area contributed by atoms with Gasteiger partial charge in [-0.2, -0.15) is 0 Å². The van der Waals surface area contributed by atoms with Gasteiger partial charge in [0.15, 0.2) is 0 Å². The van der Waals surface area contributed by atoms with Gasteiger partial charge in [0.05, 0.1) is 22.3 Å². The molecule has 2 aromatic heterocycles. The number of aromatic nitrogens is 3. The summed E-state index contributed by atoms with van der Waals surface area (Å²) in [6.07, 6.45) is 1.78. The fraction of sp³-hybridized carbons (Fsp3) is 0.127. The van der Waals surface area contributed by atoms with Gasteiger partial charge in [-0.1, -0.05) is 158 Å². The first-order chi connectivity index (χ1) is 29.7. The molecule has 5 heteroatoms. The number of fused-ring (bicyclic) bond motifs is 1. The van der Waals surface area contributed by atoms with E-state index in [9.17, 15) is 5.11 Å². The Balaban J connectivity index is 0.00000544. The minimum atomic E-state index is -2.17. The first-order valence-corrected chi connectivity index (χ1v) is 20.0. The number of rotatable bonds is 7. The topological polar surface area (TPSA) is 50.9 Å². The van der Waals surface area contributed by atoms with Gasteiger partial charge in [-0.3, -0.25) is 9.55 Å². The summed E-state index contributed by atoms with van der Waals surface area (Å²) in [6.45, 7) is 8.51. The third-order valence-corrected chi connectivity index (χ3v) is 11.0. The molecule has 0 atom stereocenters. The van der Waals surface area contributed by atoms with Crippen molar-refractivity contribution in [2.24, 2.45) is 0 Å². The van der Waals surface area contributed by atoms with Gasteiger partial charge in [-0.05, 0) is 101 Å². The minimum absolute atomic E-state index is 0. The molecule has 4 nitrogen and oxygen atoms in total. The van der Waals surface area contributed by atoms with Crippen molar-refractivity contribution in [3.63, 3.8) is 0 Å². The number of aryl methyl sites for hydroxylation is 3. The summed E-state index contributed by atoms with van der Waals surface area (Å²) in [5, 5.41) is 11.8. The predicted octanol–water partition coefficient (Wildman–Crippen LogP) is 14.1. The number of nitrogens with zero attached hydrogens (tertiary/aromatic N) is 3. The summed E-state index contributed by atoms with van der Waals surface area (Å²) in [5.74, 6) is 0.846. The molecule has 0 aliphatic rings. The van der Waals surface area contributed by atoms with Crippen molar-refractivity contribution in [2.45, 2.75) is 46.9 Å². The molecule has 0 amide bonds. The second kappa shape index (κ2) is 16.4. The van der Waals surface area contributed by atoms with Gasteiger partial charge >= 0.3 is 0 Å². The van der Waals surface area contributed by atoms with Crippen molar-refractivity contribution < 1.29 is 30.3 Å². The van der Waals surface area contributed by atoms with Crippen LogP contribution in [0.3, 0.4) is 0 Å². The Morgan fingerprint density at radius 3 is 1.95 bits per heavy atom. The van der Waals surface area contributed by atoms with Crippen LogP contribution in [0.2, 0.25) is 0 Å². The van der Waals surface area contributed by atoms with Crippen molar-refractivity contribution >= 4 is 11.0 Å². The second-order valence-electron chi connectivity index (χ2n) is 16.3. The zero-order chi connectivity index (χ0) is 43.3. The SMILES string of the molecule is [2H]C([2H])([2H])c1ccc(-c2ccnc(-c3[c-]c(-c4cccc5c4nc(-c4cc(C)cc(C)c4O)n5-c4ccc(-c5ccccc5)cc4C(C)(C)C)cc(-c4ccccc4)c3)c2)cc1.[Pt]. The first-order valence-electron chi connectivity index (χ1n) is 21.5. The number of benzene rings is 7. The zero-order valence-corrected chi connectivity index (χ0v) is 36.5. The Hall–Kier alpha value is -6.35. The summed E-state index contributed by atoms with van der Waals surface area (Å²) < 4.78 is 25.7. The molecule has 0 saturated carbocycles. The molecule has 0 aliphatic carbocycles. The van der Waals surface area contributed by atoms with E-state index in [1.165, 1.54) is 0 Å². The van der Waals surface area contributed by atoms with Crippen molar-refractivity contribution in [1.82, 2.24) is 14.5 Å². The van der Waals surface area contributed by atoms with E-state index in [4.69, 9.17) is 14.1 Å². The van der Waals surface area contributed by atoms with Gasteiger partial charge in [0, 0.05) is 37.1 Å². The number of phenols is 1. The Kier molecular flexibility index (Phi) is 10.0. The normalized spacial score (nSPS) is 12.4. The molecule has 2 heterocycles. The first kappa shape index (κ1) is 36.7. The van der Waals surface area contributed by atoms with Crippen molar-refractivity contribution in [1.29, 1.82) is 0 Å². The van der Waals surface area contributed by atoms with E-state index < -0.39 is 6.85 Å². The molecule has 298 valence electrons. The number of phenolic OH excluding ortho intramolecular Hbond substituents is 1. The Morgan fingerprint density at radius 1 is 0.600 bits per heavy atom. The van der Waals surface area contributed by atoms with E-state index in [1.807, 2.05) is 74.5 Å². The average molecular weight is 963 g/mol. The molecule has 9 aromatic rings. The number of para-hydroxylation sites is 1. The predicted molar refractivity (Wildman–Crippen MR) is 245 cm³/mol. The van der Waals surface area contributed by atoms with E-state index in [0.717, 1.165) is 89.2 Å². The quantitative estimate of drug-likeness (QED) is 0.162. The fourth-order valence-electron chi connectivity index (χ4n) is 8.08. The molecule has 1 N–H and O–H groups in total. The molecule has 0 spiro atoms. The average Bonchev–Trinajstić information content (AvgIpc) is 3.67. The molecule has 0 bridgehead atoms.